The summed E-state index contributed by atoms with van der Waals surface area (Å²) in [6, 6.07) is 0. The van der Waals surface area contributed by atoms with Gasteiger partial charge in [-0.1, -0.05) is 15.9 Å². The molecule has 7 heavy (non-hydrogen) atoms. The highest BCUT2D eigenvalue weighted by Crippen LogP contribution is 2.04. The molecule has 0 saturated carbocycles. The number of hydrogen-bond acceptors (Lipinski definition) is 0. The van der Waals surface area contributed by atoms with E-state index in [0.29, 0.717) is 12.3 Å². The SMILES string of the molecule is [O]C(Br)CCCCl. The minimum absolute atomic E-state index is 0.588. The van der Waals surface area contributed by atoms with Crippen LogP contribution < -0.4 is 0 Å². The first-order chi connectivity index (χ1) is 3.27. The first-order valence-electron chi connectivity index (χ1n) is 2.13. The zero-order valence-electron chi connectivity index (χ0n) is 3.86. The zero-order valence-corrected chi connectivity index (χ0v) is 6.20. The van der Waals surface area contributed by atoms with E-state index in [1.807, 2.05) is 0 Å². The van der Waals surface area contributed by atoms with E-state index < -0.39 is 5.01 Å². The van der Waals surface area contributed by atoms with Crippen molar-refractivity contribution in [1.82, 2.24) is 0 Å². The van der Waals surface area contributed by atoms with Gasteiger partial charge in [0.2, 0.25) is 0 Å². The molecule has 1 radical (unpaired) electrons. The van der Waals surface area contributed by atoms with Crippen molar-refractivity contribution >= 4 is 27.5 Å². The lowest BCUT2D eigenvalue weighted by Gasteiger charge is -1.92. The molecule has 1 atom stereocenters. The van der Waals surface area contributed by atoms with Crippen LogP contribution in [0.1, 0.15) is 12.8 Å². The molecule has 0 aromatic heterocycles. The maximum atomic E-state index is 10.1. The van der Waals surface area contributed by atoms with Crippen LogP contribution in [0, 0.1) is 0 Å². The van der Waals surface area contributed by atoms with Crippen molar-refractivity contribution in [2.75, 3.05) is 5.88 Å². The quantitative estimate of drug-likeness (QED) is 0.602. The fourth-order valence-corrected chi connectivity index (χ4v) is 0.716. The Morgan fingerprint density at radius 1 is 1.71 bits per heavy atom. The van der Waals surface area contributed by atoms with Crippen LogP contribution in [0.4, 0.5) is 0 Å². The summed E-state index contributed by atoms with van der Waals surface area (Å²) in [4.78, 5) is 0. The van der Waals surface area contributed by atoms with E-state index in [-0.39, 0.29) is 0 Å². The molecule has 1 nitrogen and oxygen atoms in total. The fraction of sp³-hybridized carbons (Fsp3) is 1.00. The van der Waals surface area contributed by atoms with Crippen molar-refractivity contribution in [3.63, 3.8) is 0 Å². The second-order valence-electron chi connectivity index (χ2n) is 1.24. The highest BCUT2D eigenvalue weighted by molar-refractivity contribution is 9.09. The number of hydrogen-bond donors (Lipinski definition) is 0. The predicted molar refractivity (Wildman–Crippen MR) is 33.4 cm³/mol. The van der Waals surface area contributed by atoms with Crippen LogP contribution in [0.3, 0.4) is 0 Å². The van der Waals surface area contributed by atoms with Gasteiger partial charge >= 0.3 is 0 Å². The maximum absolute atomic E-state index is 10.1. The highest BCUT2D eigenvalue weighted by Gasteiger charge is 1.95. The van der Waals surface area contributed by atoms with Gasteiger partial charge in [-0.2, -0.15) is 0 Å². The molecule has 0 aromatic carbocycles. The van der Waals surface area contributed by atoms with E-state index in [1.54, 1.807) is 0 Å². The van der Waals surface area contributed by atoms with Gasteiger partial charge in [-0.05, 0) is 12.8 Å². The molecular weight excluding hydrogens is 179 g/mol. The van der Waals surface area contributed by atoms with Crippen molar-refractivity contribution in [3.8, 4) is 0 Å². The van der Waals surface area contributed by atoms with Crippen molar-refractivity contribution in [3.05, 3.63) is 0 Å². The Bertz CT molecular complexity index is 40.7. The first kappa shape index (κ1) is 7.73. The molecule has 0 heterocycles. The third-order valence-electron chi connectivity index (χ3n) is 0.565. The smallest absolute Gasteiger partial charge is 0.147 e. The summed E-state index contributed by atoms with van der Waals surface area (Å²) in [5, 5.41) is 9.52. The molecule has 1 unspecified atom stereocenters. The molecule has 0 aliphatic carbocycles. The van der Waals surface area contributed by atoms with E-state index >= 15 is 0 Å². The standard InChI is InChI=1S/C4H7BrClO/c5-4(7)2-1-3-6/h4H,1-3H2. The molecule has 0 rings (SSSR count). The van der Waals surface area contributed by atoms with Gasteiger partial charge in [-0.15, -0.1) is 11.6 Å². The molecule has 3 heteroatoms. The van der Waals surface area contributed by atoms with Gasteiger partial charge in [0.05, 0.1) is 0 Å². The maximum Gasteiger partial charge on any atom is 0.147 e. The van der Waals surface area contributed by atoms with Gasteiger partial charge in [0.15, 0.2) is 0 Å². The molecule has 0 fully saturated rings. The third-order valence-corrected chi connectivity index (χ3v) is 1.29. The molecule has 0 N–H and O–H groups in total. The lowest BCUT2D eigenvalue weighted by Crippen LogP contribution is -1.91. The molecular formula is C4H7BrClO. The Labute approximate surface area is 56.8 Å². The molecule has 0 aliphatic rings. The largest absolute Gasteiger partial charge is 0.221 e. The molecule has 0 saturated heterocycles. The molecule has 0 spiro atoms. The van der Waals surface area contributed by atoms with Crippen LogP contribution in [-0.4, -0.2) is 10.9 Å². The monoisotopic (exact) mass is 185 g/mol. The minimum Gasteiger partial charge on any atom is -0.221 e. The van der Waals surface area contributed by atoms with Crippen molar-refractivity contribution < 1.29 is 5.11 Å². The third kappa shape index (κ3) is 6.73. The lowest BCUT2D eigenvalue weighted by atomic mass is 10.4. The Morgan fingerprint density at radius 2 is 2.29 bits per heavy atom. The van der Waals surface area contributed by atoms with Crippen molar-refractivity contribution in [1.29, 1.82) is 0 Å². The summed E-state index contributed by atoms with van der Waals surface area (Å²) in [6.45, 7) is 0. The lowest BCUT2D eigenvalue weighted by molar-refractivity contribution is 0.162. The molecule has 0 amide bonds. The normalized spacial score (nSPS) is 14.1. The molecule has 0 aliphatic heterocycles. The Hall–Kier alpha value is 0.730. The average molecular weight is 186 g/mol. The van der Waals surface area contributed by atoms with Crippen LogP contribution in [0.5, 0.6) is 0 Å². The number of halogens is 2. The summed E-state index contributed by atoms with van der Waals surface area (Å²) in [5.74, 6) is 0.588. The Balaban J connectivity index is 2.68. The van der Waals surface area contributed by atoms with Gasteiger partial charge < -0.3 is 0 Å². The van der Waals surface area contributed by atoms with Crippen LogP contribution in [0.25, 0.3) is 0 Å². The predicted octanol–water partition coefficient (Wildman–Crippen LogP) is 2.16. The van der Waals surface area contributed by atoms with E-state index in [2.05, 4.69) is 15.9 Å². The van der Waals surface area contributed by atoms with Crippen LogP contribution in [0.15, 0.2) is 0 Å². The van der Waals surface area contributed by atoms with Gasteiger partial charge in [0.25, 0.3) is 0 Å². The number of rotatable bonds is 3. The fourth-order valence-electron chi connectivity index (χ4n) is 0.238. The second-order valence-corrected chi connectivity index (χ2v) is 2.64. The highest BCUT2D eigenvalue weighted by atomic mass is 79.9. The molecule has 43 valence electrons. The molecule has 0 aromatic rings. The second kappa shape index (κ2) is 4.88. The Morgan fingerprint density at radius 3 is 2.43 bits per heavy atom. The number of alkyl halides is 2. The van der Waals surface area contributed by atoms with E-state index in [1.165, 1.54) is 0 Å². The van der Waals surface area contributed by atoms with Gasteiger partial charge in [-0.25, -0.2) is 5.11 Å². The van der Waals surface area contributed by atoms with E-state index in [4.69, 9.17) is 11.6 Å². The van der Waals surface area contributed by atoms with Crippen molar-refractivity contribution in [2.45, 2.75) is 17.9 Å². The Kier molecular flexibility index (Phi) is 5.39. The van der Waals surface area contributed by atoms with Gasteiger partial charge in [-0.3, -0.25) is 0 Å². The van der Waals surface area contributed by atoms with Crippen LogP contribution in [-0.2, 0) is 5.11 Å². The molecule has 0 bridgehead atoms. The zero-order chi connectivity index (χ0) is 5.70. The summed E-state index contributed by atoms with van der Waals surface area (Å²) < 4.78 is 0. The first-order valence-corrected chi connectivity index (χ1v) is 3.58. The van der Waals surface area contributed by atoms with Gasteiger partial charge in [0.1, 0.15) is 5.01 Å². The minimum atomic E-state index is -0.619. The topological polar surface area (TPSA) is 19.9 Å². The van der Waals surface area contributed by atoms with E-state index in [0.717, 1.165) is 6.42 Å². The van der Waals surface area contributed by atoms with Crippen LogP contribution in [0.2, 0.25) is 0 Å². The van der Waals surface area contributed by atoms with Crippen molar-refractivity contribution in [2.24, 2.45) is 0 Å². The summed E-state index contributed by atoms with van der Waals surface area (Å²) >= 11 is 8.15. The summed E-state index contributed by atoms with van der Waals surface area (Å²) in [6.07, 6.45) is 1.43. The van der Waals surface area contributed by atoms with Gasteiger partial charge in [0, 0.05) is 5.88 Å². The van der Waals surface area contributed by atoms with Crippen LogP contribution >= 0.6 is 27.5 Å². The summed E-state index contributed by atoms with van der Waals surface area (Å²) in [5.41, 5.74) is 0. The van der Waals surface area contributed by atoms with E-state index in [9.17, 15) is 5.11 Å². The average Bonchev–Trinajstić information content (AvgIpc) is 1.61. The summed E-state index contributed by atoms with van der Waals surface area (Å²) in [7, 11) is 0.